The van der Waals surface area contributed by atoms with Gasteiger partial charge in [-0.15, -0.1) is 0 Å². The molecule has 1 unspecified atom stereocenters. The lowest BCUT2D eigenvalue weighted by Gasteiger charge is -2.26. The number of rotatable bonds is 3. The molecule has 1 aliphatic heterocycles. The molecule has 19 heavy (non-hydrogen) atoms. The summed E-state index contributed by atoms with van der Waals surface area (Å²) in [6, 6.07) is 10.8. The second kappa shape index (κ2) is 5.15. The minimum Gasteiger partial charge on any atom is -0.379 e. The van der Waals surface area contributed by atoms with Gasteiger partial charge in [0.1, 0.15) is 5.82 Å². The number of nitrogens with zero attached hydrogens (tertiary/aromatic N) is 2. The quantitative estimate of drug-likeness (QED) is 0.912. The number of fused-ring (bicyclic) bond motifs is 1. The van der Waals surface area contributed by atoms with Crippen LogP contribution in [-0.2, 0) is 11.3 Å². The van der Waals surface area contributed by atoms with E-state index in [0.717, 1.165) is 31.1 Å². The van der Waals surface area contributed by atoms with Gasteiger partial charge in [-0.05, 0) is 17.9 Å². The zero-order valence-corrected chi connectivity index (χ0v) is 11.2. The smallest absolute Gasteiger partial charge is 0.136 e. The molecule has 100 valence electrons. The van der Waals surface area contributed by atoms with Crippen molar-refractivity contribution in [2.24, 2.45) is 5.73 Å². The molecule has 1 atom stereocenters. The molecule has 0 bridgehead atoms. The summed E-state index contributed by atoms with van der Waals surface area (Å²) in [5.41, 5.74) is 6.69. The van der Waals surface area contributed by atoms with E-state index >= 15 is 0 Å². The number of aromatic nitrogens is 1. The molecule has 1 aromatic carbocycles. The van der Waals surface area contributed by atoms with Crippen LogP contribution >= 0.6 is 0 Å². The second-order valence-corrected chi connectivity index (χ2v) is 4.99. The van der Waals surface area contributed by atoms with Crippen molar-refractivity contribution in [2.75, 3.05) is 25.2 Å². The summed E-state index contributed by atoms with van der Waals surface area (Å²) in [5, 5.41) is 2.37. The highest BCUT2D eigenvalue weighted by molar-refractivity contribution is 5.92. The number of nitrogens with two attached hydrogens (primary N) is 1. The largest absolute Gasteiger partial charge is 0.379 e. The molecule has 4 heteroatoms. The Balaban J connectivity index is 2.09. The Hall–Kier alpha value is -1.65. The topological polar surface area (TPSA) is 51.4 Å². The fourth-order valence-electron chi connectivity index (χ4n) is 2.61. The maximum atomic E-state index is 5.76. The van der Waals surface area contributed by atoms with Gasteiger partial charge in [-0.2, -0.15) is 0 Å². The van der Waals surface area contributed by atoms with E-state index in [1.807, 2.05) is 6.07 Å². The molecule has 0 radical (unpaired) electrons. The average Bonchev–Trinajstić information content (AvgIpc) is 2.99. The van der Waals surface area contributed by atoms with Gasteiger partial charge >= 0.3 is 0 Å². The summed E-state index contributed by atoms with van der Waals surface area (Å²) in [4.78, 5) is 6.94. The molecule has 1 aliphatic rings. The lowest BCUT2D eigenvalue weighted by molar-refractivity contribution is 0.193. The van der Waals surface area contributed by atoms with Gasteiger partial charge in [0.15, 0.2) is 0 Å². The number of likely N-dealkylation sites (N-methyl/N-ethyl adjacent to an activating group) is 1. The highest BCUT2D eigenvalue weighted by Crippen LogP contribution is 2.27. The van der Waals surface area contributed by atoms with E-state index in [1.54, 1.807) is 0 Å². The molecule has 1 fully saturated rings. The van der Waals surface area contributed by atoms with Crippen molar-refractivity contribution >= 4 is 16.6 Å². The summed E-state index contributed by atoms with van der Waals surface area (Å²) >= 11 is 0. The Morgan fingerprint density at radius 2 is 2.26 bits per heavy atom. The first-order chi connectivity index (χ1) is 9.29. The molecule has 2 heterocycles. The predicted molar refractivity (Wildman–Crippen MR) is 77.3 cm³/mol. The van der Waals surface area contributed by atoms with Gasteiger partial charge in [0.05, 0.1) is 18.3 Å². The van der Waals surface area contributed by atoms with Gasteiger partial charge < -0.3 is 15.4 Å². The number of ether oxygens (including phenoxy) is 1. The molecule has 4 nitrogen and oxygen atoms in total. The van der Waals surface area contributed by atoms with Crippen LogP contribution in [-0.4, -0.2) is 31.3 Å². The highest BCUT2D eigenvalue weighted by atomic mass is 16.5. The van der Waals surface area contributed by atoms with Crippen molar-refractivity contribution < 1.29 is 4.74 Å². The van der Waals surface area contributed by atoms with Crippen molar-refractivity contribution in [1.29, 1.82) is 0 Å². The number of hydrogen-bond donors (Lipinski definition) is 1. The minimum atomic E-state index is 0.406. The van der Waals surface area contributed by atoms with Crippen molar-refractivity contribution in [3.8, 4) is 0 Å². The van der Waals surface area contributed by atoms with Crippen LogP contribution in [0.3, 0.4) is 0 Å². The normalized spacial score (nSPS) is 18.9. The van der Waals surface area contributed by atoms with Gasteiger partial charge in [-0.3, -0.25) is 0 Å². The number of pyridine rings is 1. The molecule has 0 amide bonds. The summed E-state index contributed by atoms with van der Waals surface area (Å²) in [6.07, 6.45) is 1.05. The average molecular weight is 257 g/mol. The third-order valence-corrected chi connectivity index (χ3v) is 3.77. The summed E-state index contributed by atoms with van der Waals surface area (Å²) in [7, 11) is 2.09. The van der Waals surface area contributed by atoms with E-state index in [4.69, 9.17) is 15.5 Å². The van der Waals surface area contributed by atoms with Gasteiger partial charge in [0, 0.05) is 25.6 Å². The zero-order chi connectivity index (χ0) is 13.2. The Kier molecular flexibility index (Phi) is 3.36. The van der Waals surface area contributed by atoms with Gasteiger partial charge in [0.25, 0.3) is 0 Å². The van der Waals surface area contributed by atoms with Crippen molar-refractivity contribution in [3.05, 3.63) is 36.0 Å². The maximum absolute atomic E-state index is 5.76. The Morgan fingerprint density at radius 1 is 1.42 bits per heavy atom. The molecule has 3 rings (SSSR count). The van der Waals surface area contributed by atoms with Gasteiger partial charge in [-0.25, -0.2) is 4.98 Å². The van der Waals surface area contributed by atoms with Crippen LogP contribution in [0.5, 0.6) is 0 Å². The molecular weight excluding hydrogens is 238 g/mol. The van der Waals surface area contributed by atoms with Crippen LogP contribution in [0.4, 0.5) is 5.82 Å². The fraction of sp³-hybridized carbons (Fsp3) is 0.400. The van der Waals surface area contributed by atoms with Crippen LogP contribution in [0.25, 0.3) is 10.8 Å². The standard InChI is InChI=1S/C15H19N3O/c1-18(13-6-7-19-10-13)15-14-5-3-2-4-11(14)8-12(9-16)17-15/h2-5,8,13H,6-7,9-10,16H2,1H3. The van der Waals surface area contributed by atoms with E-state index in [2.05, 4.69) is 36.2 Å². The Morgan fingerprint density at radius 3 is 3.00 bits per heavy atom. The SMILES string of the molecule is CN(c1nc(CN)cc2ccccc12)C1CCOC1. The first kappa shape index (κ1) is 12.4. The molecular formula is C15H19N3O. The van der Waals surface area contributed by atoms with Crippen molar-refractivity contribution in [1.82, 2.24) is 4.98 Å². The Bertz CT molecular complexity index is 579. The minimum absolute atomic E-state index is 0.406. The third kappa shape index (κ3) is 2.29. The van der Waals surface area contributed by atoms with E-state index in [9.17, 15) is 0 Å². The molecule has 1 saturated heterocycles. The van der Waals surface area contributed by atoms with Crippen molar-refractivity contribution in [3.63, 3.8) is 0 Å². The lowest BCUT2D eigenvalue weighted by Crippen LogP contribution is -2.32. The molecule has 0 spiro atoms. The van der Waals surface area contributed by atoms with E-state index in [1.165, 1.54) is 10.8 Å². The lowest BCUT2D eigenvalue weighted by atomic mass is 10.1. The molecule has 1 aromatic heterocycles. The molecule has 2 N–H and O–H groups in total. The predicted octanol–water partition coefficient (Wildman–Crippen LogP) is 1.92. The van der Waals surface area contributed by atoms with Gasteiger partial charge in [0.2, 0.25) is 0 Å². The third-order valence-electron chi connectivity index (χ3n) is 3.77. The summed E-state index contributed by atoms with van der Waals surface area (Å²) < 4.78 is 5.47. The first-order valence-corrected chi connectivity index (χ1v) is 6.69. The van der Waals surface area contributed by atoms with Crippen molar-refractivity contribution in [2.45, 2.75) is 19.0 Å². The highest BCUT2D eigenvalue weighted by Gasteiger charge is 2.22. The van der Waals surface area contributed by atoms with E-state index in [0.29, 0.717) is 12.6 Å². The maximum Gasteiger partial charge on any atom is 0.136 e. The number of benzene rings is 1. The molecule has 2 aromatic rings. The summed E-state index contributed by atoms with van der Waals surface area (Å²) in [6.45, 7) is 2.08. The van der Waals surface area contributed by atoms with Crippen LogP contribution in [0.15, 0.2) is 30.3 Å². The molecule has 0 saturated carbocycles. The fourth-order valence-corrected chi connectivity index (χ4v) is 2.61. The number of hydrogen-bond acceptors (Lipinski definition) is 4. The monoisotopic (exact) mass is 257 g/mol. The first-order valence-electron chi connectivity index (χ1n) is 6.69. The summed E-state index contributed by atoms with van der Waals surface area (Å²) in [5.74, 6) is 1.01. The second-order valence-electron chi connectivity index (χ2n) is 4.99. The molecule has 0 aliphatic carbocycles. The zero-order valence-electron chi connectivity index (χ0n) is 11.2. The van der Waals surface area contributed by atoms with Gasteiger partial charge in [-0.1, -0.05) is 24.3 Å². The van der Waals surface area contributed by atoms with Crippen LogP contribution < -0.4 is 10.6 Å². The Labute approximate surface area is 113 Å². The van der Waals surface area contributed by atoms with Crippen LogP contribution in [0.1, 0.15) is 12.1 Å². The van der Waals surface area contributed by atoms with E-state index in [-0.39, 0.29) is 0 Å². The number of anilines is 1. The van der Waals surface area contributed by atoms with Crippen LogP contribution in [0.2, 0.25) is 0 Å². The van der Waals surface area contributed by atoms with E-state index < -0.39 is 0 Å². The van der Waals surface area contributed by atoms with Crippen LogP contribution in [0, 0.1) is 0 Å².